The van der Waals surface area contributed by atoms with Gasteiger partial charge in [-0.15, -0.1) is 11.8 Å². The number of halogens is 2. The third-order valence-electron chi connectivity index (χ3n) is 3.67. The van der Waals surface area contributed by atoms with E-state index in [1.807, 2.05) is 43.3 Å². The lowest BCUT2D eigenvalue weighted by atomic mass is 10.2. The summed E-state index contributed by atoms with van der Waals surface area (Å²) in [5.41, 5.74) is 2.77. The molecule has 6 heteroatoms. The summed E-state index contributed by atoms with van der Waals surface area (Å²) in [5.74, 6) is 0.870. The van der Waals surface area contributed by atoms with Crippen molar-refractivity contribution in [2.75, 3.05) is 17.6 Å². The number of urea groups is 1. The highest BCUT2D eigenvalue weighted by molar-refractivity contribution is 7.99. The topological polar surface area (TPSA) is 32.3 Å². The van der Waals surface area contributed by atoms with Crippen LogP contribution in [0.15, 0.2) is 42.5 Å². The predicted molar refractivity (Wildman–Crippen MR) is 98.6 cm³/mol. The first-order valence-corrected chi connectivity index (χ1v) is 9.06. The lowest BCUT2D eigenvalue weighted by molar-refractivity contribution is 0.214. The second kappa shape index (κ2) is 7.04. The first-order valence-electron chi connectivity index (χ1n) is 7.26. The van der Waals surface area contributed by atoms with Crippen molar-refractivity contribution in [3.05, 3.63) is 63.6 Å². The van der Waals surface area contributed by atoms with Crippen LogP contribution in [0.5, 0.6) is 0 Å². The van der Waals surface area contributed by atoms with Gasteiger partial charge in [-0.1, -0.05) is 47.5 Å². The second-order valence-electron chi connectivity index (χ2n) is 5.36. The minimum absolute atomic E-state index is 0.119. The molecule has 0 radical (unpaired) electrons. The van der Waals surface area contributed by atoms with Crippen LogP contribution in [0.3, 0.4) is 0 Å². The van der Waals surface area contributed by atoms with Gasteiger partial charge in [0.2, 0.25) is 0 Å². The van der Waals surface area contributed by atoms with Gasteiger partial charge in [-0.3, -0.25) is 0 Å². The Balaban J connectivity index is 1.81. The molecule has 2 amide bonds. The van der Waals surface area contributed by atoms with Crippen molar-refractivity contribution in [2.24, 2.45) is 0 Å². The number of nitrogens with zero attached hydrogens (tertiary/aromatic N) is 1. The monoisotopic (exact) mass is 366 g/mol. The van der Waals surface area contributed by atoms with Crippen molar-refractivity contribution < 1.29 is 4.79 Å². The molecule has 0 saturated carbocycles. The van der Waals surface area contributed by atoms with Crippen LogP contribution in [0.4, 0.5) is 10.5 Å². The lowest BCUT2D eigenvalue weighted by Crippen LogP contribution is -2.34. The van der Waals surface area contributed by atoms with E-state index in [0.29, 0.717) is 16.6 Å². The molecule has 1 heterocycles. The van der Waals surface area contributed by atoms with Gasteiger partial charge in [0.15, 0.2) is 0 Å². The van der Waals surface area contributed by atoms with E-state index in [1.165, 1.54) is 0 Å². The fraction of sp³-hybridized carbons (Fsp3) is 0.235. The number of aryl methyl sites for hydroxylation is 1. The smallest absolute Gasteiger partial charge is 0.308 e. The van der Waals surface area contributed by atoms with E-state index in [1.54, 1.807) is 22.7 Å². The van der Waals surface area contributed by atoms with Crippen molar-refractivity contribution in [1.29, 1.82) is 0 Å². The molecule has 23 heavy (non-hydrogen) atoms. The highest BCUT2D eigenvalue weighted by Gasteiger charge is 2.32. The van der Waals surface area contributed by atoms with Crippen LogP contribution in [-0.4, -0.2) is 23.2 Å². The number of rotatable bonds is 2. The molecule has 1 saturated heterocycles. The summed E-state index contributed by atoms with van der Waals surface area (Å²) in [4.78, 5) is 14.4. The molecule has 3 rings (SSSR count). The van der Waals surface area contributed by atoms with Gasteiger partial charge in [-0.05, 0) is 30.7 Å². The Labute approximate surface area is 150 Å². The normalized spacial score (nSPS) is 17.3. The molecule has 2 aromatic rings. The Morgan fingerprint density at radius 3 is 2.83 bits per heavy atom. The van der Waals surface area contributed by atoms with Crippen LogP contribution >= 0.6 is 35.0 Å². The molecule has 120 valence electrons. The van der Waals surface area contributed by atoms with Gasteiger partial charge in [0.25, 0.3) is 0 Å². The van der Waals surface area contributed by atoms with Gasteiger partial charge in [0, 0.05) is 23.5 Å². The van der Waals surface area contributed by atoms with E-state index in [0.717, 1.165) is 22.6 Å². The molecule has 0 aliphatic carbocycles. The Kier molecular flexibility index (Phi) is 5.05. The van der Waals surface area contributed by atoms with Crippen molar-refractivity contribution in [3.8, 4) is 0 Å². The van der Waals surface area contributed by atoms with Gasteiger partial charge < -0.3 is 10.2 Å². The van der Waals surface area contributed by atoms with Gasteiger partial charge in [-0.2, -0.15) is 0 Å². The molecule has 0 spiro atoms. The predicted octanol–water partition coefficient (Wildman–Crippen LogP) is 5.58. The van der Waals surface area contributed by atoms with Gasteiger partial charge in [0.1, 0.15) is 5.37 Å². The third-order valence-corrected chi connectivity index (χ3v) is 5.74. The molecule has 1 aliphatic heterocycles. The summed E-state index contributed by atoms with van der Waals surface area (Å²) in [6, 6.07) is 13.2. The maximum absolute atomic E-state index is 12.6. The van der Waals surface area contributed by atoms with E-state index in [-0.39, 0.29) is 11.4 Å². The summed E-state index contributed by atoms with van der Waals surface area (Å²) in [6.45, 7) is 2.67. The van der Waals surface area contributed by atoms with E-state index < -0.39 is 0 Å². The highest BCUT2D eigenvalue weighted by atomic mass is 35.5. The van der Waals surface area contributed by atoms with Gasteiger partial charge in [0.05, 0.1) is 10.0 Å². The number of hydrogen-bond acceptors (Lipinski definition) is 2. The summed E-state index contributed by atoms with van der Waals surface area (Å²) in [5, 5.41) is 3.86. The Morgan fingerprint density at radius 2 is 2.04 bits per heavy atom. The van der Waals surface area contributed by atoms with Gasteiger partial charge >= 0.3 is 6.03 Å². The Bertz CT molecular complexity index is 738. The molecule has 1 N–H and O–H groups in total. The fourth-order valence-electron chi connectivity index (χ4n) is 2.56. The van der Waals surface area contributed by atoms with Crippen LogP contribution in [0.2, 0.25) is 10.0 Å². The quantitative estimate of drug-likeness (QED) is 0.751. The van der Waals surface area contributed by atoms with Crippen molar-refractivity contribution in [3.63, 3.8) is 0 Å². The van der Waals surface area contributed by atoms with Crippen molar-refractivity contribution in [1.82, 2.24) is 4.90 Å². The lowest BCUT2D eigenvalue weighted by Gasteiger charge is -2.25. The molecule has 1 atom stereocenters. The largest absolute Gasteiger partial charge is 0.323 e. The standard InChI is InChI=1S/C17H16Cl2N2OS/c1-11-4-2-5-12(10-11)20-17(22)21-8-9-23-16(21)13-6-3-7-14(18)15(13)19/h2-7,10,16H,8-9H2,1H3,(H,20,22). The van der Waals surface area contributed by atoms with E-state index >= 15 is 0 Å². The summed E-state index contributed by atoms with van der Waals surface area (Å²) in [7, 11) is 0. The fourth-order valence-corrected chi connectivity index (χ4v) is 4.32. The molecule has 1 aliphatic rings. The minimum Gasteiger partial charge on any atom is -0.308 e. The van der Waals surface area contributed by atoms with E-state index in [4.69, 9.17) is 23.2 Å². The zero-order chi connectivity index (χ0) is 16.4. The van der Waals surface area contributed by atoms with E-state index in [9.17, 15) is 4.79 Å². The highest BCUT2D eigenvalue weighted by Crippen LogP contribution is 2.42. The zero-order valence-electron chi connectivity index (χ0n) is 12.6. The zero-order valence-corrected chi connectivity index (χ0v) is 14.9. The third kappa shape index (κ3) is 3.60. The van der Waals surface area contributed by atoms with Crippen LogP contribution in [0.25, 0.3) is 0 Å². The number of amides is 2. The van der Waals surface area contributed by atoms with Crippen LogP contribution < -0.4 is 5.32 Å². The number of anilines is 1. The number of hydrogen-bond donors (Lipinski definition) is 1. The average molecular weight is 367 g/mol. The van der Waals surface area contributed by atoms with Crippen LogP contribution in [0.1, 0.15) is 16.5 Å². The Morgan fingerprint density at radius 1 is 1.26 bits per heavy atom. The number of thioether (sulfide) groups is 1. The molecule has 1 unspecified atom stereocenters. The molecular formula is C17H16Cl2N2OS. The van der Waals surface area contributed by atoms with Crippen LogP contribution in [0, 0.1) is 6.92 Å². The number of nitrogens with one attached hydrogen (secondary N) is 1. The minimum atomic E-state index is -0.123. The average Bonchev–Trinajstić information content (AvgIpc) is 2.99. The molecule has 3 nitrogen and oxygen atoms in total. The number of benzene rings is 2. The summed E-state index contributed by atoms with van der Waals surface area (Å²) >= 11 is 14.1. The van der Waals surface area contributed by atoms with Crippen LogP contribution in [-0.2, 0) is 0 Å². The van der Waals surface area contributed by atoms with Crippen molar-refractivity contribution in [2.45, 2.75) is 12.3 Å². The SMILES string of the molecule is Cc1cccc(NC(=O)N2CCSC2c2cccc(Cl)c2Cl)c1. The molecule has 2 aromatic carbocycles. The maximum Gasteiger partial charge on any atom is 0.323 e. The first kappa shape index (κ1) is 16.5. The molecule has 1 fully saturated rings. The maximum atomic E-state index is 12.6. The second-order valence-corrected chi connectivity index (χ2v) is 7.33. The molecule has 0 bridgehead atoms. The molecule has 0 aromatic heterocycles. The molecular weight excluding hydrogens is 351 g/mol. The van der Waals surface area contributed by atoms with Gasteiger partial charge in [-0.25, -0.2) is 4.79 Å². The number of carbonyl (C=O) groups is 1. The first-order chi connectivity index (χ1) is 11.1. The van der Waals surface area contributed by atoms with Crippen molar-refractivity contribution >= 4 is 46.7 Å². The Hall–Kier alpha value is -1.36. The summed E-state index contributed by atoms with van der Waals surface area (Å²) in [6.07, 6.45) is 0. The summed E-state index contributed by atoms with van der Waals surface area (Å²) < 4.78 is 0. The van der Waals surface area contributed by atoms with E-state index in [2.05, 4.69) is 5.32 Å². The number of carbonyl (C=O) groups excluding carboxylic acids is 1.